The van der Waals surface area contributed by atoms with Crippen molar-refractivity contribution in [1.82, 2.24) is 15.1 Å². The molecule has 1 N–H and O–H groups in total. The average molecular weight is 237 g/mol. The Labute approximate surface area is 106 Å². The Balaban J connectivity index is 1.67. The number of allylic oxidation sites excluding steroid dienone is 1. The zero-order valence-corrected chi connectivity index (χ0v) is 11.2. The topological polar surface area (TPSA) is 18.5 Å². The van der Waals surface area contributed by atoms with Crippen molar-refractivity contribution in [2.24, 2.45) is 0 Å². The van der Waals surface area contributed by atoms with Crippen molar-refractivity contribution < 1.29 is 0 Å². The van der Waals surface area contributed by atoms with E-state index in [1.165, 1.54) is 51.9 Å². The predicted molar refractivity (Wildman–Crippen MR) is 73.1 cm³/mol. The van der Waals surface area contributed by atoms with Crippen LogP contribution in [0.2, 0.25) is 0 Å². The van der Waals surface area contributed by atoms with Crippen molar-refractivity contribution in [3.8, 4) is 0 Å². The molecule has 0 aromatic heterocycles. The fourth-order valence-corrected chi connectivity index (χ4v) is 2.77. The minimum absolute atomic E-state index is 1.07. The van der Waals surface area contributed by atoms with Gasteiger partial charge in [0.1, 0.15) is 0 Å². The molecule has 2 aliphatic heterocycles. The number of piperidine rings is 1. The van der Waals surface area contributed by atoms with Crippen LogP contribution in [-0.2, 0) is 0 Å². The van der Waals surface area contributed by atoms with Crippen LogP contribution in [0.3, 0.4) is 0 Å². The van der Waals surface area contributed by atoms with E-state index in [1.54, 1.807) is 5.57 Å². The van der Waals surface area contributed by atoms with Crippen LogP contribution < -0.4 is 5.32 Å². The van der Waals surface area contributed by atoms with Gasteiger partial charge < -0.3 is 10.2 Å². The van der Waals surface area contributed by atoms with Gasteiger partial charge in [0, 0.05) is 32.8 Å². The summed E-state index contributed by atoms with van der Waals surface area (Å²) in [6, 6.07) is 0. The molecule has 0 saturated carbocycles. The second-order valence-corrected chi connectivity index (χ2v) is 5.31. The molecule has 17 heavy (non-hydrogen) atoms. The molecule has 0 aromatic rings. The van der Waals surface area contributed by atoms with Gasteiger partial charge in [0.2, 0.25) is 0 Å². The molecular weight excluding hydrogens is 210 g/mol. The highest BCUT2D eigenvalue weighted by atomic mass is 15.3. The SMILES string of the molecule is C/C=C(/CCN1CCCCC1)CN1CCNC1. The third kappa shape index (κ3) is 4.41. The van der Waals surface area contributed by atoms with Gasteiger partial charge >= 0.3 is 0 Å². The van der Waals surface area contributed by atoms with E-state index in [2.05, 4.69) is 28.1 Å². The first-order chi connectivity index (χ1) is 8.38. The number of nitrogens with zero attached hydrogens (tertiary/aromatic N) is 2. The summed E-state index contributed by atoms with van der Waals surface area (Å²) in [6.45, 7) is 10.7. The van der Waals surface area contributed by atoms with E-state index >= 15 is 0 Å². The van der Waals surface area contributed by atoms with E-state index in [9.17, 15) is 0 Å². The van der Waals surface area contributed by atoms with Crippen LogP contribution in [0.5, 0.6) is 0 Å². The molecule has 3 nitrogen and oxygen atoms in total. The number of likely N-dealkylation sites (tertiary alicyclic amines) is 1. The summed E-state index contributed by atoms with van der Waals surface area (Å²) < 4.78 is 0. The summed E-state index contributed by atoms with van der Waals surface area (Å²) >= 11 is 0. The molecule has 0 aliphatic carbocycles. The quantitative estimate of drug-likeness (QED) is 0.734. The van der Waals surface area contributed by atoms with Crippen LogP contribution >= 0.6 is 0 Å². The molecule has 2 saturated heterocycles. The number of hydrogen-bond acceptors (Lipinski definition) is 3. The molecule has 2 heterocycles. The van der Waals surface area contributed by atoms with Crippen molar-refractivity contribution >= 4 is 0 Å². The first-order valence-electron chi connectivity index (χ1n) is 7.18. The van der Waals surface area contributed by atoms with Gasteiger partial charge in [-0.2, -0.15) is 0 Å². The summed E-state index contributed by atoms with van der Waals surface area (Å²) in [4.78, 5) is 5.14. The maximum atomic E-state index is 3.40. The molecule has 2 aliphatic rings. The molecule has 0 atom stereocenters. The second-order valence-electron chi connectivity index (χ2n) is 5.31. The zero-order valence-electron chi connectivity index (χ0n) is 11.2. The lowest BCUT2D eigenvalue weighted by atomic mass is 10.1. The summed E-state index contributed by atoms with van der Waals surface area (Å²) in [6.07, 6.45) is 7.82. The summed E-state index contributed by atoms with van der Waals surface area (Å²) in [5.41, 5.74) is 1.61. The Morgan fingerprint density at radius 2 is 1.94 bits per heavy atom. The molecule has 0 spiro atoms. The normalized spacial score (nSPS) is 24.4. The Morgan fingerprint density at radius 1 is 1.12 bits per heavy atom. The Morgan fingerprint density at radius 3 is 2.59 bits per heavy atom. The highest BCUT2D eigenvalue weighted by Crippen LogP contribution is 2.12. The molecule has 0 amide bonds. The minimum atomic E-state index is 1.07. The third-order valence-electron chi connectivity index (χ3n) is 3.97. The lowest BCUT2D eigenvalue weighted by Gasteiger charge is -2.27. The molecule has 0 aromatic carbocycles. The fourth-order valence-electron chi connectivity index (χ4n) is 2.77. The van der Waals surface area contributed by atoms with E-state index in [4.69, 9.17) is 0 Å². The Bertz CT molecular complexity index is 238. The molecule has 2 rings (SSSR count). The predicted octanol–water partition coefficient (Wildman–Crippen LogP) is 1.67. The Hall–Kier alpha value is -0.380. The van der Waals surface area contributed by atoms with E-state index in [0.717, 1.165) is 19.8 Å². The molecule has 98 valence electrons. The van der Waals surface area contributed by atoms with Gasteiger partial charge in [0.05, 0.1) is 0 Å². The first kappa shape index (κ1) is 13.1. The van der Waals surface area contributed by atoms with E-state index < -0.39 is 0 Å². The van der Waals surface area contributed by atoms with Gasteiger partial charge in [-0.15, -0.1) is 0 Å². The fraction of sp³-hybridized carbons (Fsp3) is 0.857. The maximum Gasteiger partial charge on any atom is 0.0484 e. The lowest BCUT2D eigenvalue weighted by molar-refractivity contribution is 0.229. The molecule has 3 heteroatoms. The summed E-state index contributed by atoms with van der Waals surface area (Å²) in [5.74, 6) is 0. The standard InChI is InChI=1S/C14H27N3/c1-2-14(12-17-11-7-15-13-17)6-10-16-8-4-3-5-9-16/h2,15H,3-13H2,1H3/b14-2-. The van der Waals surface area contributed by atoms with Crippen LogP contribution in [0.1, 0.15) is 32.6 Å². The van der Waals surface area contributed by atoms with Crippen LogP contribution in [0, 0.1) is 0 Å². The van der Waals surface area contributed by atoms with Crippen molar-refractivity contribution in [2.75, 3.05) is 45.9 Å². The number of rotatable bonds is 5. The van der Waals surface area contributed by atoms with Crippen LogP contribution in [-0.4, -0.2) is 55.7 Å². The zero-order chi connectivity index (χ0) is 11.9. The second kappa shape index (κ2) is 7.14. The van der Waals surface area contributed by atoms with Crippen molar-refractivity contribution in [3.63, 3.8) is 0 Å². The largest absolute Gasteiger partial charge is 0.303 e. The maximum absolute atomic E-state index is 3.40. The van der Waals surface area contributed by atoms with Gasteiger partial charge in [-0.05, 0) is 39.3 Å². The van der Waals surface area contributed by atoms with Gasteiger partial charge in [-0.25, -0.2) is 0 Å². The van der Waals surface area contributed by atoms with E-state index in [1.807, 2.05) is 0 Å². The Kier molecular flexibility index (Phi) is 5.49. The molecule has 0 radical (unpaired) electrons. The van der Waals surface area contributed by atoms with Gasteiger partial charge in [-0.3, -0.25) is 4.90 Å². The monoisotopic (exact) mass is 237 g/mol. The van der Waals surface area contributed by atoms with Crippen LogP contribution in [0.4, 0.5) is 0 Å². The molecule has 2 fully saturated rings. The van der Waals surface area contributed by atoms with Gasteiger partial charge in [0.25, 0.3) is 0 Å². The average Bonchev–Trinajstić information content (AvgIpc) is 2.88. The molecule has 0 unspecified atom stereocenters. The summed E-state index contributed by atoms with van der Waals surface area (Å²) in [7, 11) is 0. The molecular formula is C14H27N3. The van der Waals surface area contributed by atoms with Crippen LogP contribution in [0.25, 0.3) is 0 Å². The first-order valence-corrected chi connectivity index (χ1v) is 7.18. The highest BCUT2D eigenvalue weighted by Gasteiger charge is 2.14. The van der Waals surface area contributed by atoms with Gasteiger partial charge in [-0.1, -0.05) is 18.1 Å². The highest BCUT2D eigenvalue weighted by molar-refractivity contribution is 5.04. The number of hydrogen-bond donors (Lipinski definition) is 1. The minimum Gasteiger partial charge on any atom is -0.303 e. The summed E-state index contributed by atoms with van der Waals surface area (Å²) in [5, 5.41) is 3.40. The molecule has 0 bridgehead atoms. The van der Waals surface area contributed by atoms with Gasteiger partial charge in [0.15, 0.2) is 0 Å². The van der Waals surface area contributed by atoms with Crippen molar-refractivity contribution in [1.29, 1.82) is 0 Å². The smallest absolute Gasteiger partial charge is 0.0484 e. The van der Waals surface area contributed by atoms with Crippen molar-refractivity contribution in [2.45, 2.75) is 32.6 Å². The van der Waals surface area contributed by atoms with E-state index in [0.29, 0.717) is 0 Å². The van der Waals surface area contributed by atoms with Crippen LogP contribution in [0.15, 0.2) is 11.6 Å². The lowest BCUT2D eigenvalue weighted by Crippen LogP contribution is -2.32. The third-order valence-corrected chi connectivity index (χ3v) is 3.97. The van der Waals surface area contributed by atoms with E-state index in [-0.39, 0.29) is 0 Å². The van der Waals surface area contributed by atoms with Crippen molar-refractivity contribution in [3.05, 3.63) is 11.6 Å². The number of nitrogens with one attached hydrogen (secondary N) is 1.